The highest BCUT2D eigenvalue weighted by molar-refractivity contribution is 14.1. The average Bonchev–Trinajstić information content (AvgIpc) is 3.01. The maximum Gasteiger partial charge on any atom is 0.416 e. The summed E-state index contributed by atoms with van der Waals surface area (Å²) in [5.74, 6) is -0.439. The lowest BCUT2D eigenvalue weighted by Crippen LogP contribution is -2.14. The molecule has 3 aromatic rings. The summed E-state index contributed by atoms with van der Waals surface area (Å²) < 4.78 is 40.3. The van der Waals surface area contributed by atoms with Crippen LogP contribution in [0.3, 0.4) is 0 Å². The van der Waals surface area contributed by atoms with Crippen molar-refractivity contribution in [2.75, 3.05) is 5.32 Å². The van der Waals surface area contributed by atoms with E-state index >= 15 is 0 Å². The first-order valence-corrected chi connectivity index (χ1v) is 9.32. The second-order valence-electron chi connectivity index (χ2n) is 5.36. The van der Waals surface area contributed by atoms with Crippen LogP contribution in [-0.4, -0.2) is 26.1 Å². The summed E-state index contributed by atoms with van der Waals surface area (Å²) in [7, 11) is 1.68. The molecule has 0 fully saturated rings. The van der Waals surface area contributed by atoms with Gasteiger partial charge in [0.15, 0.2) is 0 Å². The Morgan fingerprint density at radius 3 is 2.48 bits per heavy atom. The van der Waals surface area contributed by atoms with Crippen LogP contribution in [0, 0.1) is 3.57 Å². The maximum absolute atomic E-state index is 12.7. The molecule has 0 atom stereocenters. The molecule has 0 radical (unpaired) electrons. The van der Waals surface area contributed by atoms with E-state index in [-0.39, 0.29) is 5.69 Å². The van der Waals surface area contributed by atoms with Crippen LogP contribution in [0.4, 0.5) is 18.9 Å². The van der Waals surface area contributed by atoms with Crippen LogP contribution in [0.1, 0.15) is 15.9 Å². The van der Waals surface area contributed by atoms with Gasteiger partial charge < -0.3 is 5.32 Å². The maximum atomic E-state index is 12.7. The summed E-state index contributed by atoms with van der Waals surface area (Å²) in [5, 5.41) is 14.3. The smallest absolute Gasteiger partial charge is 0.322 e. The van der Waals surface area contributed by atoms with E-state index in [2.05, 4.69) is 43.4 Å². The van der Waals surface area contributed by atoms with Gasteiger partial charge in [-0.3, -0.25) is 4.79 Å². The van der Waals surface area contributed by atoms with Gasteiger partial charge in [0, 0.05) is 21.2 Å². The predicted molar refractivity (Wildman–Crippen MR) is 101 cm³/mol. The Balaban J connectivity index is 1.84. The van der Waals surface area contributed by atoms with Crippen LogP contribution >= 0.6 is 34.4 Å². The second-order valence-corrected chi connectivity index (χ2v) is 7.61. The molecule has 140 valence electrons. The molecule has 0 saturated heterocycles. The molecule has 0 bridgehead atoms. The van der Waals surface area contributed by atoms with E-state index in [1.54, 1.807) is 19.2 Å². The van der Waals surface area contributed by atoms with Gasteiger partial charge in [0.1, 0.15) is 0 Å². The van der Waals surface area contributed by atoms with Gasteiger partial charge in [-0.1, -0.05) is 0 Å². The minimum absolute atomic E-state index is 0.267. The highest BCUT2D eigenvalue weighted by Gasteiger charge is 2.30. The van der Waals surface area contributed by atoms with Crippen molar-refractivity contribution in [3.05, 3.63) is 57.2 Å². The molecule has 11 heteroatoms. The van der Waals surface area contributed by atoms with Crippen molar-refractivity contribution in [1.82, 2.24) is 20.2 Å². The average molecular weight is 505 g/mol. The zero-order valence-corrected chi connectivity index (χ0v) is 16.6. The van der Waals surface area contributed by atoms with Gasteiger partial charge in [-0.25, -0.2) is 4.68 Å². The first kappa shape index (κ1) is 19.6. The number of halogens is 4. The summed E-state index contributed by atoms with van der Waals surface area (Å²) >= 11 is 3.29. The number of rotatable bonds is 4. The zero-order chi connectivity index (χ0) is 19.6. The number of carbonyl (C=O) groups is 1. The molecule has 1 amide bonds. The quantitative estimate of drug-likeness (QED) is 0.538. The lowest BCUT2D eigenvalue weighted by atomic mass is 10.1. The van der Waals surface area contributed by atoms with Crippen LogP contribution in [0.5, 0.6) is 0 Å². The molecule has 0 unspecified atom stereocenters. The van der Waals surface area contributed by atoms with Crippen molar-refractivity contribution >= 4 is 45.9 Å². The monoisotopic (exact) mass is 505 g/mol. The van der Waals surface area contributed by atoms with Gasteiger partial charge in [-0.05, 0) is 87.2 Å². The summed E-state index contributed by atoms with van der Waals surface area (Å²) in [5.41, 5.74) is -0.140. The number of alkyl halides is 3. The van der Waals surface area contributed by atoms with Crippen molar-refractivity contribution < 1.29 is 18.0 Å². The number of aromatic nitrogens is 4. The molecule has 1 aromatic heterocycles. The van der Waals surface area contributed by atoms with E-state index in [4.69, 9.17) is 0 Å². The molecule has 1 heterocycles. The van der Waals surface area contributed by atoms with E-state index in [0.717, 1.165) is 15.7 Å². The normalized spacial score (nSPS) is 11.4. The molecule has 0 spiro atoms. The number of carbonyl (C=O) groups excluding carboxylic acids is 1. The van der Waals surface area contributed by atoms with Crippen molar-refractivity contribution in [2.45, 2.75) is 16.2 Å². The first-order valence-electron chi connectivity index (χ1n) is 7.42. The lowest BCUT2D eigenvalue weighted by molar-refractivity contribution is -0.137. The lowest BCUT2D eigenvalue weighted by Gasteiger charge is -2.11. The van der Waals surface area contributed by atoms with Gasteiger partial charge in [-0.15, -0.1) is 5.10 Å². The number of amides is 1. The van der Waals surface area contributed by atoms with E-state index in [9.17, 15) is 18.0 Å². The minimum Gasteiger partial charge on any atom is -0.322 e. The number of anilines is 1. The van der Waals surface area contributed by atoms with Crippen LogP contribution in [0.2, 0.25) is 0 Å². The fraction of sp³-hybridized carbons (Fsp3) is 0.125. The Kier molecular flexibility index (Phi) is 5.69. The minimum atomic E-state index is -4.42. The van der Waals surface area contributed by atoms with Crippen LogP contribution in [0.25, 0.3) is 0 Å². The molecule has 6 nitrogen and oxygen atoms in total. The van der Waals surface area contributed by atoms with Crippen molar-refractivity contribution in [3.63, 3.8) is 0 Å². The molecule has 1 N–H and O–H groups in total. The van der Waals surface area contributed by atoms with Gasteiger partial charge in [0.2, 0.25) is 5.16 Å². The van der Waals surface area contributed by atoms with Gasteiger partial charge in [0.05, 0.1) is 11.1 Å². The number of hydrogen-bond acceptors (Lipinski definition) is 5. The van der Waals surface area contributed by atoms with Gasteiger partial charge in [-0.2, -0.15) is 13.2 Å². The van der Waals surface area contributed by atoms with Crippen LogP contribution in [0.15, 0.2) is 52.5 Å². The van der Waals surface area contributed by atoms with E-state index in [1.165, 1.54) is 28.6 Å². The standard InChI is InChI=1S/C16H11F3IN5OS/c1-25-15(22-23-24-25)27-13-7-4-10(20)8-12(13)14(26)21-11-5-2-9(3-6-11)16(17,18)19/h2-8H,1H3,(H,21,26). The molecular weight excluding hydrogens is 494 g/mol. The number of benzene rings is 2. The molecule has 0 saturated carbocycles. The molecular formula is C16H11F3IN5OS. The highest BCUT2D eigenvalue weighted by atomic mass is 127. The third-order valence-corrected chi connectivity index (χ3v) is 5.21. The molecule has 0 aliphatic rings. The molecule has 0 aliphatic heterocycles. The molecule has 3 rings (SSSR count). The number of tetrazole rings is 1. The third-order valence-electron chi connectivity index (χ3n) is 3.44. The Labute approximate surface area is 169 Å². The summed E-state index contributed by atoms with van der Waals surface area (Å²) in [6.07, 6.45) is -4.42. The van der Waals surface area contributed by atoms with E-state index < -0.39 is 17.6 Å². The highest BCUT2D eigenvalue weighted by Crippen LogP contribution is 2.31. The van der Waals surface area contributed by atoms with Gasteiger partial charge in [0.25, 0.3) is 5.91 Å². The Bertz CT molecular complexity index is 975. The molecule has 27 heavy (non-hydrogen) atoms. The number of nitrogens with zero attached hydrogens (tertiary/aromatic N) is 4. The van der Waals surface area contributed by atoms with Crippen LogP contribution in [-0.2, 0) is 13.2 Å². The largest absolute Gasteiger partial charge is 0.416 e. The number of hydrogen-bond donors (Lipinski definition) is 1. The SMILES string of the molecule is Cn1nnnc1Sc1ccc(I)cc1C(=O)Nc1ccc(C(F)(F)F)cc1. The Morgan fingerprint density at radius 1 is 1.19 bits per heavy atom. The van der Waals surface area contributed by atoms with Gasteiger partial charge >= 0.3 is 6.18 Å². The second kappa shape index (κ2) is 7.84. The third kappa shape index (κ3) is 4.77. The summed E-state index contributed by atoms with van der Waals surface area (Å²) in [6, 6.07) is 9.56. The first-order chi connectivity index (χ1) is 12.7. The summed E-state index contributed by atoms with van der Waals surface area (Å²) in [6.45, 7) is 0. The Hall–Kier alpha value is -2.15. The van der Waals surface area contributed by atoms with E-state index in [1.807, 2.05) is 6.07 Å². The molecule has 0 aliphatic carbocycles. The fourth-order valence-electron chi connectivity index (χ4n) is 2.12. The predicted octanol–water partition coefficient (Wildman–Crippen LogP) is 4.24. The van der Waals surface area contributed by atoms with Crippen molar-refractivity contribution in [3.8, 4) is 0 Å². The van der Waals surface area contributed by atoms with E-state index in [0.29, 0.717) is 15.6 Å². The van der Waals surface area contributed by atoms with Crippen LogP contribution < -0.4 is 5.32 Å². The Morgan fingerprint density at radius 2 is 1.89 bits per heavy atom. The fourth-order valence-corrected chi connectivity index (χ4v) is 3.45. The molecule has 2 aromatic carbocycles. The topological polar surface area (TPSA) is 72.7 Å². The number of nitrogens with one attached hydrogen (secondary N) is 1. The summed E-state index contributed by atoms with van der Waals surface area (Å²) in [4.78, 5) is 13.3. The van der Waals surface area contributed by atoms with Crippen molar-refractivity contribution in [2.24, 2.45) is 7.05 Å². The zero-order valence-electron chi connectivity index (χ0n) is 13.7. The van der Waals surface area contributed by atoms with Crippen molar-refractivity contribution in [1.29, 1.82) is 0 Å². The number of aryl methyl sites for hydroxylation is 1.